The summed E-state index contributed by atoms with van der Waals surface area (Å²) in [5.41, 5.74) is 4.98. The second-order valence-electron chi connectivity index (χ2n) is 3.85. The fourth-order valence-corrected chi connectivity index (χ4v) is 1.54. The lowest BCUT2D eigenvalue weighted by molar-refractivity contribution is -0.122. The summed E-state index contributed by atoms with van der Waals surface area (Å²) in [6.45, 7) is 2.57. The third-order valence-electron chi connectivity index (χ3n) is 2.35. The molecule has 1 unspecified atom stereocenters. The van der Waals surface area contributed by atoms with Gasteiger partial charge >= 0.3 is 0 Å². The van der Waals surface area contributed by atoms with Crippen molar-refractivity contribution in [1.82, 2.24) is 10.6 Å². The van der Waals surface area contributed by atoms with E-state index in [1.54, 1.807) is 0 Å². The molecule has 4 N–H and O–H groups in total. The first kappa shape index (κ1) is 12.9. The summed E-state index contributed by atoms with van der Waals surface area (Å²) in [6.07, 6.45) is 1.32. The summed E-state index contributed by atoms with van der Waals surface area (Å²) in [5.74, 6) is -0.357. The molecule has 0 spiro atoms. The summed E-state index contributed by atoms with van der Waals surface area (Å²) in [5, 5.41) is 5.94. The van der Waals surface area contributed by atoms with Crippen LogP contribution in [0.2, 0.25) is 0 Å². The number of rotatable bonds is 6. The number of primary amides is 1. The van der Waals surface area contributed by atoms with Gasteiger partial charge in [-0.05, 0) is 6.42 Å². The summed E-state index contributed by atoms with van der Waals surface area (Å²) in [7, 11) is 0. The molecule has 6 nitrogen and oxygen atoms in total. The van der Waals surface area contributed by atoms with Gasteiger partial charge in [-0.2, -0.15) is 0 Å². The van der Waals surface area contributed by atoms with Crippen molar-refractivity contribution in [3.63, 3.8) is 0 Å². The Labute approximate surface area is 94.9 Å². The highest BCUT2D eigenvalue weighted by molar-refractivity contribution is 5.77. The molecule has 6 heteroatoms. The van der Waals surface area contributed by atoms with E-state index in [0.29, 0.717) is 39.0 Å². The first-order valence-corrected chi connectivity index (χ1v) is 5.54. The molecule has 0 aromatic rings. The van der Waals surface area contributed by atoms with Crippen molar-refractivity contribution < 1.29 is 14.3 Å². The van der Waals surface area contributed by atoms with Crippen LogP contribution in [0.5, 0.6) is 0 Å². The van der Waals surface area contributed by atoms with Crippen LogP contribution in [0.3, 0.4) is 0 Å². The summed E-state index contributed by atoms with van der Waals surface area (Å²) < 4.78 is 5.24. The van der Waals surface area contributed by atoms with Crippen LogP contribution < -0.4 is 16.4 Å². The Bertz CT molecular complexity index is 239. The van der Waals surface area contributed by atoms with E-state index < -0.39 is 0 Å². The van der Waals surface area contributed by atoms with Crippen LogP contribution in [0.4, 0.5) is 0 Å². The van der Waals surface area contributed by atoms with E-state index in [0.717, 1.165) is 6.54 Å². The molecule has 1 saturated heterocycles. The molecular weight excluding hydrogens is 210 g/mol. The van der Waals surface area contributed by atoms with E-state index in [9.17, 15) is 9.59 Å². The molecule has 1 rings (SSSR count). The molecule has 0 aromatic carbocycles. The van der Waals surface area contributed by atoms with E-state index >= 15 is 0 Å². The lowest BCUT2D eigenvalue weighted by atomic mass is 10.2. The zero-order valence-electron chi connectivity index (χ0n) is 9.33. The molecule has 1 heterocycles. The number of morpholine rings is 1. The maximum absolute atomic E-state index is 11.4. The fraction of sp³-hybridized carbons (Fsp3) is 0.800. The maximum atomic E-state index is 11.4. The van der Waals surface area contributed by atoms with E-state index in [1.165, 1.54) is 0 Å². The minimum absolute atomic E-state index is 0.0209. The Hall–Kier alpha value is -1.14. The standard InChI is InChI=1S/C10H19N3O3/c11-9(14)2-1-3-13-10(15)6-8-7-16-5-4-12-8/h8,12H,1-7H2,(H2,11,14)(H,13,15). The second kappa shape index (κ2) is 7.19. The van der Waals surface area contributed by atoms with Gasteiger partial charge in [0.15, 0.2) is 0 Å². The Morgan fingerprint density at radius 1 is 1.50 bits per heavy atom. The van der Waals surface area contributed by atoms with E-state index in [1.807, 2.05) is 0 Å². The average molecular weight is 229 g/mol. The Morgan fingerprint density at radius 3 is 2.94 bits per heavy atom. The molecule has 0 saturated carbocycles. The zero-order valence-corrected chi connectivity index (χ0v) is 9.33. The highest BCUT2D eigenvalue weighted by atomic mass is 16.5. The highest BCUT2D eigenvalue weighted by Gasteiger charge is 2.16. The zero-order chi connectivity index (χ0) is 11.8. The summed E-state index contributed by atoms with van der Waals surface area (Å²) >= 11 is 0. The lowest BCUT2D eigenvalue weighted by Crippen LogP contribution is -2.44. The molecule has 2 amide bonds. The molecule has 0 bridgehead atoms. The predicted octanol–water partition coefficient (Wildman–Crippen LogP) is -1.25. The molecular formula is C10H19N3O3. The molecule has 0 radical (unpaired) electrons. The van der Waals surface area contributed by atoms with Crippen LogP contribution in [0.1, 0.15) is 19.3 Å². The van der Waals surface area contributed by atoms with Crippen LogP contribution >= 0.6 is 0 Å². The smallest absolute Gasteiger partial charge is 0.221 e. The van der Waals surface area contributed by atoms with E-state index in [-0.39, 0.29) is 17.9 Å². The third-order valence-corrected chi connectivity index (χ3v) is 2.35. The van der Waals surface area contributed by atoms with Crippen LogP contribution in [-0.4, -0.2) is 44.2 Å². The van der Waals surface area contributed by atoms with Crippen LogP contribution in [-0.2, 0) is 14.3 Å². The Balaban J connectivity index is 2.03. The van der Waals surface area contributed by atoms with Gasteiger partial charge in [0.25, 0.3) is 0 Å². The number of ether oxygens (including phenoxy) is 1. The molecule has 16 heavy (non-hydrogen) atoms. The minimum atomic E-state index is -0.336. The summed E-state index contributed by atoms with van der Waals surface area (Å²) in [6, 6.07) is 0.102. The molecule has 1 atom stereocenters. The van der Waals surface area contributed by atoms with Gasteiger partial charge in [0, 0.05) is 32.0 Å². The normalized spacial score (nSPS) is 20.4. The molecule has 1 fully saturated rings. The van der Waals surface area contributed by atoms with Crippen molar-refractivity contribution in [3.8, 4) is 0 Å². The Kier molecular flexibility index (Phi) is 5.81. The second-order valence-corrected chi connectivity index (χ2v) is 3.85. The van der Waals surface area contributed by atoms with Gasteiger partial charge in [0.1, 0.15) is 0 Å². The number of nitrogens with one attached hydrogen (secondary N) is 2. The van der Waals surface area contributed by atoms with Gasteiger partial charge in [-0.25, -0.2) is 0 Å². The van der Waals surface area contributed by atoms with Crippen LogP contribution in [0, 0.1) is 0 Å². The van der Waals surface area contributed by atoms with Crippen molar-refractivity contribution >= 4 is 11.8 Å². The van der Waals surface area contributed by atoms with Crippen LogP contribution in [0.25, 0.3) is 0 Å². The monoisotopic (exact) mass is 229 g/mol. The van der Waals surface area contributed by atoms with Gasteiger partial charge < -0.3 is 21.1 Å². The quantitative estimate of drug-likeness (QED) is 0.496. The topological polar surface area (TPSA) is 93.5 Å². The van der Waals surface area contributed by atoms with Crippen LogP contribution in [0.15, 0.2) is 0 Å². The number of carbonyl (C=O) groups is 2. The molecule has 0 aromatic heterocycles. The largest absolute Gasteiger partial charge is 0.378 e. The van der Waals surface area contributed by atoms with E-state index in [4.69, 9.17) is 10.5 Å². The highest BCUT2D eigenvalue weighted by Crippen LogP contribution is 1.98. The van der Waals surface area contributed by atoms with Crippen molar-refractivity contribution in [2.75, 3.05) is 26.3 Å². The van der Waals surface area contributed by atoms with E-state index in [2.05, 4.69) is 10.6 Å². The SMILES string of the molecule is NC(=O)CCCNC(=O)CC1COCCN1. The number of hydrogen-bond donors (Lipinski definition) is 3. The Morgan fingerprint density at radius 2 is 2.31 bits per heavy atom. The number of carbonyl (C=O) groups excluding carboxylic acids is 2. The minimum Gasteiger partial charge on any atom is -0.378 e. The van der Waals surface area contributed by atoms with Gasteiger partial charge in [-0.1, -0.05) is 0 Å². The van der Waals surface area contributed by atoms with Crippen molar-refractivity contribution in [1.29, 1.82) is 0 Å². The van der Waals surface area contributed by atoms with Gasteiger partial charge in [0.2, 0.25) is 11.8 Å². The molecule has 1 aliphatic rings. The molecule has 1 aliphatic heterocycles. The van der Waals surface area contributed by atoms with Crippen molar-refractivity contribution in [2.24, 2.45) is 5.73 Å². The van der Waals surface area contributed by atoms with Gasteiger partial charge in [-0.3, -0.25) is 9.59 Å². The third kappa shape index (κ3) is 5.67. The number of amides is 2. The first-order chi connectivity index (χ1) is 7.68. The molecule has 0 aliphatic carbocycles. The number of hydrogen-bond acceptors (Lipinski definition) is 4. The van der Waals surface area contributed by atoms with Crippen molar-refractivity contribution in [2.45, 2.75) is 25.3 Å². The van der Waals surface area contributed by atoms with Gasteiger partial charge in [-0.15, -0.1) is 0 Å². The summed E-state index contributed by atoms with van der Waals surface area (Å²) in [4.78, 5) is 21.9. The average Bonchev–Trinajstić information content (AvgIpc) is 2.25. The lowest BCUT2D eigenvalue weighted by Gasteiger charge is -2.23. The predicted molar refractivity (Wildman–Crippen MR) is 58.7 cm³/mol. The van der Waals surface area contributed by atoms with Crippen molar-refractivity contribution in [3.05, 3.63) is 0 Å². The fourth-order valence-electron chi connectivity index (χ4n) is 1.54. The van der Waals surface area contributed by atoms with Gasteiger partial charge in [0.05, 0.1) is 13.2 Å². The molecule has 92 valence electrons. The maximum Gasteiger partial charge on any atom is 0.221 e. The first-order valence-electron chi connectivity index (χ1n) is 5.54. The number of nitrogens with two attached hydrogens (primary N) is 1.